The third-order valence-electron chi connectivity index (χ3n) is 2.59. The van der Waals surface area contributed by atoms with Crippen molar-refractivity contribution in [3.63, 3.8) is 0 Å². The molecule has 3 N–H and O–H groups in total. The molecule has 2 rings (SSSR count). The van der Waals surface area contributed by atoms with Gasteiger partial charge in [0.2, 0.25) is 6.29 Å². The summed E-state index contributed by atoms with van der Waals surface area (Å²) in [4.78, 5) is 0. The van der Waals surface area contributed by atoms with Crippen LogP contribution in [0.15, 0.2) is 24.3 Å². The van der Waals surface area contributed by atoms with Crippen LogP contribution in [0.25, 0.3) is 0 Å². The molecular weight excluding hydrogens is 251 g/mol. The molecule has 0 aromatic heterocycles. The Morgan fingerprint density at radius 1 is 1.22 bits per heavy atom. The average molecular weight is 264 g/mol. The molecule has 1 saturated heterocycles. The van der Waals surface area contributed by atoms with Crippen molar-refractivity contribution >= 4 is 0 Å². The Balaban J connectivity index is 0.00000162. The van der Waals surface area contributed by atoms with Gasteiger partial charge in [-0.1, -0.05) is 23.9 Å². The van der Waals surface area contributed by atoms with Crippen molar-refractivity contribution in [3.8, 4) is 11.5 Å². The second-order valence-electron chi connectivity index (χ2n) is 3.77. The molecule has 1 aromatic rings. The van der Waals surface area contributed by atoms with Gasteiger partial charge < -0.3 is 29.9 Å². The first-order valence-electron chi connectivity index (χ1n) is 5.18. The molecule has 18 heavy (non-hydrogen) atoms. The first-order chi connectivity index (χ1) is 8.13. The summed E-state index contributed by atoms with van der Waals surface area (Å²) in [7, 11) is 0. The molecule has 7 heteroatoms. The van der Waals surface area contributed by atoms with Crippen LogP contribution in [0.1, 0.15) is 0 Å². The fourth-order valence-corrected chi connectivity index (χ4v) is 1.64. The molecule has 0 saturated carbocycles. The van der Waals surface area contributed by atoms with E-state index in [0.29, 0.717) is 0 Å². The summed E-state index contributed by atoms with van der Waals surface area (Å²) in [6.45, 7) is -0.433. The van der Waals surface area contributed by atoms with Gasteiger partial charge in [0.1, 0.15) is 24.1 Å². The minimum absolute atomic E-state index is 0. The van der Waals surface area contributed by atoms with Crippen LogP contribution >= 0.6 is 0 Å². The van der Waals surface area contributed by atoms with Gasteiger partial charge in [-0.05, 0) is 6.07 Å². The van der Waals surface area contributed by atoms with Crippen LogP contribution in [0.2, 0.25) is 0 Å². The van der Waals surface area contributed by atoms with Gasteiger partial charge in [-0.3, -0.25) is 0 Å². The summed E-state index contributed by atoms with van der Waals surface area (Å²) in [5.41, 5.74) is 0. The number of rotatable bonds is 3. The number of hydrogen-bond donors (Lipinski definition) is 3. The van der Waals surface area contributed by atoms with E-state index < -0.39 is 31.2 Å². The third-order valence-corrected chi connectivity index (χ3v) is 2.59. The molecule has 0 spiro atoms. The van der Waals surface area contributed by atoms with Gasteiger partial charge in [-0.2, -0.15) is 0 Å². The van der Waals surface area contributed by atoms with E-state index in [0.717, 1.165) is 0 Å². The fraction of sp³-hybridized carbons (Fsp3) is 0.455. The van der Waals surface area contributed by atoms with Crippen molar-refractivity contribution in [2.45, 2.75) is 24.6 Å². The van der Waals surface area contributed by atoms with Gasteiger partial charge >= 0.3 is 29.6 Å². The quantitative estimate of drug-likeness (QED) is 0.476. The molecular formula is C11H13NaO6. The van der Waals surface area contributed by atoms with E-state index >= 15 is 0 Å². The molecule has 4 atom stereocenters. The molecule has 1 aliphatic heterocycles. The molecule has 0 amide bonds. The van der Waals surface area contributed by atoms with E-state index in [1.807, 2.05) is 0 Å². The van der Waals surface area contributed by atoms with Crippen LogP contribution < -0.4 is 39.4 Å². The van der Waals surface area contributed by atoms with Crippen LogP contribution in [0, 0.1) is 0 Å². The van der Waals surface area contributed by atoms with E-state index in [2.05, 4.69) is 0 Å². The Labute approximate surface area is 126 Å². The molecule has 1 aromatic carbocycles. The number of para-hydroxylation sites is 2. The Morgan fingerprint density at radius 2 is 1.89 bits per heavy atom. The number of aliphatic hydroxyl groups excluding tert-OH is 3. The Hall–Kier alpha value is -0.340. The SMILES string of the molecule is [Na+].[O-]c1ccccc1O[C@@H]1O[C@H](CO)[C@@H](O)[C@H]1O. The van der Waals surface area contributed by atoms with E-state index in [-0.39, 0.29) is 41.1 Å². The van der Waals surface area contributed by atoms with Crippen molar-refractivity contribution in [1.82, 2.24) is 0 Å². The van der Waals surface area contributed by atoms with Gasteiger partial charge in [0, 0.05) is 0 Å². The maximum atomic E-state index is 11.4. The molecule has 94 valence electrons. The Bertz CT molecular complexity index is 388. The Kier molecular flexibility index (Phi) is 5.87. The second kappa shape index (κ2) is 6.72. The summed E-state index contributed by atoms with van der Waals surface area (Å²) in [6.07, 6.45) is -4.60. The van der Waals surface area contributed by atoms with E-state index in [9.17, 15) is 15.3 Å². The molecule has 1 aliphatic rings. The molecule has 1 heterocycles. The summed E-state index contributed by atoms with van der Waals surface area (Å²) >= 11 is 0. The zero-order valence-corrected chi connectivity index (χ0v) is 11.9. The first kappa shape index (κ1) is 15.7. The minimum atomic E-state index is -1.30. The van der Waals surface area contributed by atoms with Crippen LogP contribution in [0.4, 0.5) is 0 Å². The predicted octanol–water partition coefficient (Wildman–Crippen LogP) is -4.42. The monoisotopic (exact) mass is 264 g/mol. The molecule has 0 radical (unpaired) electrons. The topological polar surface area (TPSA) is 102 Å². The second-order valence-corrected chi connectivity index (χ2v) is 3.77. The van der Waals surface area contributed by atoms with Crippen LogP contribution in [0.3, 0.4) is 0 Å². The van der Waals surface area contributed by atoms with Gasteiger partial charge in [0.15, 0.2) is 0 Å². The molecule has 0 unspecified atom stereocenters. The van der Waals surface area contributed by atoms with Gasteiger partial charge in [-0.25, -0.2) is 0 Å². The zero-order chi connectivity index (χ0) is 12.4. The van der Waals surface area contributed by atoms with Gasteiger partial charge in [-0.15, -0.1) is 0 Å². The number of ether oxygens (including phenoxy) is 2. The largest absolute Gasteiger partial charge is 1.00 e. The normalized spacial score (nSPS) is 30.8. The minimum Gasteiger partial charge on any atom is -0.870 e. The van der Waals surface area contributed by atoms with Gasteiger partial charge in [0.05, 0.1) is 6.61 Å². The Morgan fingerprint density at radius 3 is 2.44 bits per heavy atom. The molecule has 1 fully saturated rings. The third kappa shape index (κ3) is 3.16. The predicted molar refractivity (Wildman–Crippen MR) is 54.3 cm³/mol. The molecule has 6 nitrogen and oxygen atoms in total. The standard InChI is InChI=1S/C11H14O6.Na/c12-5-8-9(14)10(15)11(17-8)16-7-4-2-1-3-6(7)13;/h1-4,8-15H,5H2;/q;+1/p-1/t8-,9-,10-,11-;/m1./s1. The van der Waals surface area contributed by atoms with E-state index in [4.69, 9.17) is 14.6 Å². The van der Waals surface area contributed by atoms with Crippen LogP contribution in [0.5, 0.6) is 11.5 Å². The van der Waals surface area contributed by atoms with E-state index in [1.54, 1.807) is 12.1 Å². The van der Waals surface area contributed by atoms with Crippen molar-refractivity contribution in [3.05, 3.63) is 24.3 Å². The zero-order valence-electron chi connectivity index (χ0n) is 9.89. The van der Waals surface area contributed by atoms with Crippen LogP contribution in [-0.4, -0.2) is 46.5 Å². The molecule has 0 aliphatic carbocycles. The first-order valence-corrected chi connectivity index (χ1v) is 5.18. The van der Waals surface area contributed by atoms with E-state index in [1.165, 1.54) is 12.1 Å². The average Bonchev–Trinajstić information content (AvgIpc) is 2.60. The fourth-order valence-electron chi connectivity index (χ4n) is 1.64. The summed E-state index contributed by atoms with van der Waals surface area (Å²) in [5, 5.41) is 39.3. The smallest absolute Gasteiger partial charge is 0.870 e. The molecule has 0 bridgehead atoms. The maximum Gasteiger partial charge on any atom is 1.00 e. The van der Waals surface area contributed by atoms with Crippen molar-refractivity contribution in [1.29, 1.82) is 0 Å². The number of aliphatic hydroxyl groups is 3. The van der Waals surface area contributed by atoms with Crippen molar-refractivity contribution < 1.29 is 59.5 Å². The summed E-state index contributed by atoms with van der Waals surface area (Å²) < 4.78 is 10.2. The van der Waals surface area contributed by atoms with Crippen molar-refractivity contribution in [2.24, 2.45) is 0 Å². The van der Waals surface area contributed by atoms with Gasteiger partial charge in [0.25, 0.3) is 0 Å². The van der Waals surface area contributed by atoms with Crippen molar-refractivity contribution in [2.75, 3.05) is 6.61 Å². The van der Waals surface area contributed by atoms with Crippen LogP contribution in [-0.2, 0) is 4.74 Å². The summed E-state index contributed by atoms with van der Waals surface area (Å²) in [5.74, 6) is -0.312. The summed E-state index contributed by atoms with van der Waals surface area (Å²) in [6, 6.07) is 5.93. The number of benzene rings is 1. The maximum absolute atomic E-state index is 11.4. The number of hydrogen-bond acceptors (Lipinski definition) is 6.